The summed E-state index contributed by atoms with van der Waals surface area (Å²) in [5.41, 5.74) is 5.54. The summed E-state index contributed by atoms with van der Waals surface area (Å²) in [4.78, 5) is 17.2. The second-order valence-electron chi connectivity index (χ2n) is 9.17. The molecule has 0 fully saturated rings. The van der Waals surface area contributed by atoms with Gasteiger partial charge >= 0.3 is 6.03 Å². The summed E-state index contributed by atoms with van der Waals surface area (Å²) in [6.07, 6.45) is 6.68. The van der Waals surface area contributed by atoms with Crippen molar-refractivity contribution < 1.29 is 9.18 Å². The van der Waals surface area contributed by atoms with Gasteiger partial charge < -0.3 is 14.8 Å². The van der Waals surface area contributed by atoms with Crippen LogP contribution < -0.4 is 5.32 Å². The van der Waals surface area contributed by atoms with E-state index in [4.69, 9.17) is 11.6 Å². The van der Waals surface area contributed by atoms with Gasteiger partial charge in [-0.3, -0.25) is 0 Å². The number of nitrogens with one attached hydrogen (secondary N) is 1. The average Bonchev–Trinajstić information content (AvgIpc) is 3.45. The maximum Gasteiger partial charge on any atom is 0.318 e. The third-order valence-electron chi connectivity index (χ3n) is 6.96. The second-order valence-corrected chi connectivity index (χ2v) is 10.7. The predicted molar refractivity (Wildman–Crippen MR) is 138 cm³/mol. The number of carbonyl (C=O) groups is 1. The molecule has 0 saturated heterocycles. The van der Waals surface area contributed by atoms with E-state index in [0.29, 0.717) is 18.1 Å². The molecule has 4 nitrogen and oxygen atoms in total. The average molecular weight is 506 g/mol. The zero-order valence-corrected chi connectivity index (χ0v) is 20.7. The van der Waals surface area contributed by atoms with Gasteiger partial charge in [-0.1, -0.05) is 35.9 Å². The number of urea groups is 1. The van der Waals surface area contributed by atoms with E-state index in [0.717, 1.165) is 29.7 Å². The zero-order valence-electron chi connectivity index (χ0n) is 19.1. The van der Waals surface area contributed by atoms with Gasteiger partial charge in [0.1, 0.15) is 10.8 Å². The number of amides is 2. The van der Waals surface area contributed by atoms with Crippen LogP contribution >= 0.6 is 22.9 Å². The second kappa shape index (κ2) is 9.17. The minimum atomic E-state index is -0.296. The SMILES string of the molecule is O=C(NCc1ccc(F)cc1)N1Cc2c(sc3c2CCCC3)-n2cccc2C1c1cccc(Cl)c1. The molecule has 3 heterocycles. The Labute approximate surface area is 213 Å². The molecular formula is C28H25ClFN3OS. The quantitative estimate of drug-likeness (QED) is 0.319. The predicted octanol–water partition coefficient (Wildman–Crippen LogP) is 7.02. The van der Waals surface area contributed by atoms with Crippen LogP contribution in [-0.4, -0.2) is 15.5 Å². The van der Waals surface area contributed by atoms with Crippen LogP contribution in [-0.2, 0) is 25.9 Å². The molecule has 1 N–H and O–H groups in total. The first kappa shape index (κ1) is 22.4. The van der Waals surface area contributed by atoms with Gasteiger partial charge in [-0.15, -0.1) is 11.3 Å². The Balaban J connectivity index is 1.43. The Kier molecular flexibility index (Phi) is 5.86. The van der Waals surface area contributed by atoms with Gasteiger partial charge in [-0.25, -0.2) is 9.18 Å². The number of aryl methyl sites for hydroxylation is 1. The van der Waals surface area contributed by atoms with Crippen molar-refractivity contribution in [3.63, 3.8) is 0 Å². The van der Waals surface area contributed by atoms with E-state index in [-0.39, 0.29) is 17.9 Å². The minimum absolute atomic E-state index is 0.157. The standard InChI is InChI=1S/C28H25ClFN3OS/c29-20-6-3-5-19(15-20)26-24-8-4-14-32(24)27-23(22-7-1-2-9-25(22)35-27)17-33(26)28(34)31-16-18-10-12-21(30)13-11-18/h3-6,8,10-15,26H,1-2,7,9,16-17H2,(H,31,34). The van der Waals surface area contributed by atoms with Gasteiger partial charge in [0.25, 0.3) is 0 Å². The first-order chi connectivity index (χ1) is 17.1. The number of thiophene rings is 1. The van der Waals surface area contributed by atoms with Crippen molar-refractivity contribution in [1.82, 2.24) is 14.8 Å². The molecule has 1 unspecified atom stereocenters. The number of hydrogen-bond acceptors (Lipinski definition) is 2. The third-order valence-corrected chi connectivity index (χ3v) is 8.53. The molecular weight excluding hydrogens is 481 g/mol. The molecule has 2 aliphatic rings. The van der Waals surface area contributed by atoms with Gasteiger partial charge in [0.05, 0.1) is 18.3 Å². The molecule has 6 rings (SSSR count). The molecule has 2 aromatic heterocycles. The molecule has 0 radical (unpaired) electrons. The number of halogens is 2. The molecule has 1 aliphatic heterocycles. The van der Waals surface area contributed by atoms with Crippen molar-refractivity contribution in [1.29, 1.82) is 0 Å². The normalized spacial score (nSPS) is 16.7. The van der Waals surface area contributed by atoms with Crippen molar-refractivity contribution in [3.8, 4) is 5.00 Å². The molecule has 2 amide bonds. The highest BCUT2D eigenvalue weighted by atomic mass is 35.5. The Morgan fingerprint density at radius 2 is 1.89 bits per heavy atom. The maximum absolute atomic E-state index is 13.8. The van der Waals surface area contributed by atoms with Gasteiger partial charge in [0, 0.05) is 28.2 Å². The first-order valence-corrected chi connectivity index (χ1v) is 13.1. The van der Waals surface area contributed by atoms with Crippen molar-refractivity contribution in [2.45, 2.75) is 44.8 Å². The van der Waals surface area contributed by atoms with Crippen LogP contribution in [0.25, 0.3) is 5.00 Å². The van der Waals surface area contributed by atoms with Crippen molar-refractivity contribution >= 4 is 29.0 Å². The van der Waals surface area contributed by atoms with Crippen LogP contribution in [0.4, 0.5) is 9.18 Å². The molecule has 1 aliphatic carbocycles. The largest absolute Gasteiger partial charge is 0.334 e. The minimum Gasteiger partial charge on any atom is -0.334 e. The summed E-state index contributed by atoms with van der Waals surface area (Å²) in [5, 5.41) is 4.94. The number of hydrogen-bond donors (Lipinski definition) is 1. The number of fused-ring (bicyclic) bond motifs is 5. The van der Waals surface area contributed by atoms with Gasteiger partial charge in [-0.05, 0) is 78.8 Å². The van der Waals surface area contributed by atoms with E-state index < -0.39 is 0 Å². The molecule has 35 heavy (non-hydrogen) atoms. The van der Waals surface area contributed by atoms with Crippen molar-refractivity contribution in [2.75, 3.05) is 0 Å². The van der Waals surface area contributed by atoms with Gasteiger partial charge in [0.15, 0.2) is 0 Å². The molecule has 7 heteroatoms. The van der Waals surface area contributed by atoms with Gasteiger partial charge in [-0.2, -0.15) is 0 Å². The molecule has 2 aromatic carbocycles. The van der Waals surface area contributed by atoms with Crippen LogP contribution in [0, 0.1) is 5.82 Å². The lowest BCUT2D eigenvalue weighted by Crippen LogP contribution is -2.41. The van der Waals surface area contributed by atoms with Crippen LogP contribution in [0.15, 0.2) is 66.9 Å². The van der Waals surface area contributed by atoms with E-state index in [1.807, 2.05) is 40.5 Å². The van der Waals surface area contributed by atoms with Gasteiger partial charge in [0.2, 0.25) is 0 Å². The summed E-state index contributed by atoms with van der Waals surface area (Å²) in [5.74, 6) is -0.288. The topological polar surface area (TPSA) is 37.3 Å². The number of benzene rings is 2. The Hall–Kier alpha value is -3.09. The number of carbonyl (C=O) groups excluding carboxylic acids is 1. The van der Waals surface area contributed by atoms with Crippen LogP contribution in [0.1, 0.15) is 51.7 Å². The summed E-state index contributed by atoms with van der Waals surface area (Å²) in [7, 11) is 0. The fourth-order valence-electron chi connectivity index (χ4n) is 5.30. The molecule has 178 valence electrons. The van der Waals surface area contributed by atoms with E-state index in [1.54, 1.807) is 12.1 Å². The molecule has 0 saturated carbocycles. The van der Waals surface area contributed by atoms with Crippen LogP contribution in [0.5, 0.6) is 0 Å². The lowest BCUT2D eigenvalue weighted by molar-refractivity contribution is 0.180. The smallest absolute Gasteiger partial charge is 0.318 e. The Bertz CT molecular complexity index is 1390. The highest BCUT2D eigenvalue weighted by molar-refractivity contribution is 7.15. The molecule has 0 bridgehead atoms. The fraction of sp³-hybridized carbons (Fsp3) is 0.250. The van der Waals surface area contributed by atoms with E-state index >= 15 is 0 Å². The van der Waals surface area contributed by atoms with Crippen LogP contribution in [0.3, 0.4) is 0 Å². The summed E-state index contributed by atoms with van der Waals surface area (Å²) < 4.78 is 15.6. The first-order valence-electron chi connectivity index (χ1n) is 11.9. The Morgan fingerprint density at radius 3 is 2.71 bits per heavy atom. The third kappa shape index (κ3) is 4.15. The lowest BCUT2D eigenvalue weighted by Gasteiger charge is -2.31. The summed E-state index contributed by atoms with van der Waals surface area (Å²) in [6, 6.07) is 17.7. The number of aromatic nitrogens is 1. The van der Waals surface area contributed by atoms with Crippen molar-refractivity contribution in [3.05, 3.63) is 111 Å². The molecule has 4 aromatic rings. The molecule has 1 atom stereocenters. The summed E-state index contributed by atoms with van der Waals surface area (Å²) in [6.45, 7) is 0.850. The van der Waals surface area contributed by atoms with E-state index in [1.165, 1.54) is 46.0 Å². The highest BCUT2D eigenvalue weighted by Gasteiger charge is 2.36. The van der Waals surface area contributed by atoms with Crippen molar-refractivity contribution in [2.24, 2.45) is 0 Å². The summed E-state index contributed by atoms with van der Waals surface area (Å²) >= 11 is 8.26. The Morgan fingerprint density at radius 1 is 1.06 bits per heavy atom. The number of nitrogens with zero attached hydrogens (tertiary/aromatic N) is 2. The van der Waals surface area contributed by atoms with Crippen LogP contribution in [0.2, 0.25) is 5.02 Å². The van der Waals surface area contributed by atoms with E-state index in [9.17, 15) is 9.18 Å². The number of rotatable bonds is 3. The van der Waals surface area contributed by atoms with E-state index in [2.05, 4.69) is 28.2 Å². The fourth-order valence-corrected chi connectivity index (χ4v) is 6.90. The zero-order chi connectivity index (χ0) is 23.9. The maximum atomic E-state index is 13.8. The lowest BCUT2D eigenvalue weighted by atomic mass is 9.95. The highest BCUT2D eigenvalue weighted by Crippen LogP contribution is 2.44. The molecule has 0 spiro atoms. The monoisotopic (exact) mass is 505 g/mol.